The minimum absolute atomic E-state index is 0.1000. The molecule has 1 aromatic carbocycles. The van der Waals surface area contributed by atoms with Gasteiger partial charge in [-0.2, -0.15) is 0 Å². The Morgan fingerprint density at radius 1 is 1.26 bits per heavy atom. The van der Waals surface area contributed by atoms with E-state index in [1.807, 2.05) is 19.9 Å². The van der Waals surface area contributed by atoms with Crippen molar-refractivity contribution in [3.8, 4) is 0 Å². The van der Waals surface area contributed by atoms with Gasteiger partial charge in [-0.15, -0.1) is 0 Å². The lowest BCUT2D eigenvalue weighted by molar-refractivity contribution is 0.520. The van der Waals surface area contributed by atoms with Crippen LogP contribution in [0.25, 0.3) is 0 Å². The molecule has 1 rings (SSSR count). The molecule has 0 saturated carbocycles. The number of hydrogen-bond donors (Lipinski definition) is 3. The highest BCUT2D eigenvalue weighted by molar-refractivity contribution is 7.89. The predicted molar refractivity (Wildman–Crippen MR) is 78.6 cm³/mol. The summed E-state index contributed by atoms with van der Waals surface area (Å²) in [5.41, 5.74) is 6.24. The van der Waals surface area contributed by atoms with Crippen molar-refractivity contribution in [2.75, 3.05) is 18.4 Å². The average molecular weight is 285 g/mol. The Hall–Kier alpha value is -1.11. The van der Waals surface area contributed by atoms with Crippen LogP contribution >= 0.6 is 0 Å². The predicted octanol–water partition coefficient (Wildman–Crippen LogP) is 1.38. The van der Waals surface area contributed by atoms with E-state index < -0.39 is 10.0 Å². The zero-order chi connectivity index (χ0) is 14.5. The van der Waals surface area contributed by atoms with Crippen LogP contribution in [0.15, 0.2) is 29.2 Å². The first kappa shape index (κ1) is 15.9. The van der Waals surface area contributed by atoms with Crippen LogP contribution in [0.3, 0.4) is 0 Å². The van der Waals surface area contributed by atoms with Gasteiger partial charge in [0.2, 0.25) is 10.0 Å². The summed E-state index contributed by atoms with van der Waals surface area (Å²) in [6.07, 6.45) is 0. The fourth-order valence-corrected chi connectivity index (χ4v) is 2.89. The van der Waals surface area contributed by atoms with E-state index in [-0.39, 0.29) is 16.9 Å². The molecular weight excluding hydrogens is 262 g/mol. The third kappa shape index (κ3) is 4.19. The number of rotatable bonds is 7. The van der Waals surface area contributed by atoms with Crippen molar-refractivity contribution < 1.29 is 8.42 Å². The molecule has 0 aliphatic rings. The minimum Gasteiger partial charge on any atom is -0.381 e. The normalized spacial score (nSPS) is 14.9. The van der Waals surface area contributed by atoms with Crippen molar-refractivity contribution in [1.82, 2.24) is 4.72 Å². The zero-order valence-corrected chi connectivity index (χ0v) is 12.5. The Labute approximate surface area is 115 Å². The molecule has 1 aromatic rings. The van der Waals surface area contributed by atoms with Crippen LogP contribution in [0.2, 0.25) is 0 Å². The topological polar surface area (TPSA) is 84.2 Å². The van der Waals surface area contributed by atoms with Crippen molar-refractivity contribution in [3.05, 3.63) is 24.3 Å². The number of nitrogens with one attached hydrogen (secondary N) is 2. The summed E-state index contributed by atoms with van der Waals surface area (Å²) >= 11 is 0. The first-order valence-corrected chi connectivity index (χ1v) is 7.96. The molecule has 19 heavy (non-hydrogen) atoms. The summed E-state index contributed by atoms with van der Waals surface area (Å²) in [5, 5.41) is 3.23. The molecule has 2 atom stereocenters. The fourth-order valence-electron chi connectivity index (χ4n) is 1.68. The van der Waals surface area contributed by atoms with Crippen molar-refractivity contribution in [2.24, 2.45) is 11.7 Å². The van der Waals surface area contributed by atoms with Crippen molar-refractivity contribution in [3.63, 3.8) is 0 Å². The van der Waals surface area contributed by atoms with Crippen LogP contribution in [0.5, 0.6) is 0 Å². The van der Waals surface area contributed by atoms with E-state index >= 15 is 0 Å². The highest BCUT2D eigenvalue weighted by Crippen LogP contribution is 2.22. The minimum atomic E-state index is -3.46. The van der Waals surface area contributed by atoms with Gasteiger partial charge in [0.1, 0.15) is 4.90 Å². The Morgan fingerprint density at radius 3 is 2.47 bits per heavy atom. The fraction of sp³-hybridized carbons (Fsp3) is 0.538. The molecule has 0 fully saturated rings. The van der Waals surface area contributed by atoms with E-state index in [2.05, 4.69) is 10.0 Å². The number of nitrogens with two attached hydrogens (primary N) is 1. The maximum Gasteiger partial charge on any atom is 0.242 e. The van der Waals surface area contributed by atoms with Gasteiger partial charge < -0.3 is 11.1 Å². The van der Waals surface area contributed by atoms with Crippen LogP contribution in [-0.2, 0) is 10.0 Å². The molecule has 0 aromatic heterocycles. The van der Waals surface area contributed by atoms with Gasteiger partial charge in [0.05, 0.1) is 5.69 Å². The zero-order valence-electron chi connectivity index (χ0n) is 11.7. The molecule has 6 heteroatoms. The lowest BCUT2D eigenvalue weighted by atomic mass is 10.0. The average Bonchev–Trinajstić information content (AvgIpc) is 2.38. The monoisotopic (exact) mass is 285 g/mol. The lowest BCUT2D eigenvalue weighted by Crippen LogP contribution is -2.31. The first-order valence-electron chi connectivity index (χ1n) is 6.47. The van der Waals surface area contributed by atoms with Gasteiger partial charge in [-0.1, -0.05) is 26.0 Å². The number of anilines is 1. The van der Waals surface area contributed by atoms with Crippen LogP contribution in [-0.4, -0.2) is 27.5 Å². The molecule has 5 nitrogen and oxygen atoms in total. The second kappa shape index (κ2) is 6.88. The van der Waals surface area contributed by atoms with E-state index in [9.17, 15) is 8.42 Å². The number of hydrogen-bond acceptors (Lipinski definition) is 4. The molecule has 0 spiro atoms. The Balaban J connectivity index is 3.03. The SMILES string of the molecule is CCNS(=O)(=O)c1ccccc1NC(C)C(C)CN. The van der Waals surface area contributed by atoms with Gasteiger partial charge in [-0.3, -0.25) is 0 Å². The van der Waals surface area contributed by atoms with E-state index in [4.69, 9.17) is 5.73 Å². The Bertz CT molecular complexity index is 502. The van der Waals surface area contributed by atoms with Gasteiger partial charge in [-0.05, 0) is 31.5 Å². The third-order valence-electron chi connectivity index (χ3n) is 3.12. The van der Waals surface area contributed by atoms with Crippen LogP contribution in [0.4, 0.5) is 5.69 Å². The smallest absolute Gasteiger partial charge is 0.242 e. The largest absolute Gasteiger partial charge is 0.381 e. The molecule has 108 valence electrons. The Kier molecular flexibility index (Phi) is 5.78. The first-order chi connectivity index (χ1) is 8.92. The van der Waals surface area contributed by atoms with Crippen LogP contribution in [0.1, 0.15) is 20.8 Å². The third-order valence-corrected chi connectivity index (χ3v) is 4.72. The molecule has 0 heterocycles. The lowest BCUT2D eigenvalue weighted by Gasteiger charge is -2.22. The highest BCUT2D eigenvalue weighted by atomic mass is 32.2. The summed E-state index contributed by atoms with van der Waals surface area (Å²) < 4.78 is 26.7. The van der Waals surface area contributed by atoms with Gasteiger partial charge in [0.25, 0.3) is 0 Å². The second-order valence-electron chi connectivity index (χ2n) is 4.64. The van der Waals surface area contributed by atoms with E-state index in [0.29, 0.717) is 18.8 Å². The summed E-state index contributed by atoms with van der Waals surface area (Å²) in [5.74, 6) is 0.259. The maximum atomic E-state index is 12.1. The van der Waals surface area contributed by atoms with Crippen LogP contribution in [0, 0.1) is 5.92 Å². The van der Waals surface area contributed by atoms with Crippen LogP contribution < -0.4 is 15.8 Å². The molecule has 0 radical (unpaired) electrons. The number of benzene rings is 1. The van der Waals surface area contributed by atoms with E-state index in [0.717, 1.165) is 0 Å². The van der Waals surface area contributed by atoms with E-state index in [1.165, 1.54) is 0 Å². The summed E-state index contributed by atoms with van der Waals surface area (Å²) in [6.45, 7) is 6.70. The van der Waals surface area contributed by atoms with Crippen molar-refractivity contribution >= 4 is 15.7 Å². The van der Waals surface area contributed by atoms with Gasteiger partial charge in [-0.25, -0.2) is 13.1 Å². The van der Waals surface area contributed by atoms with Crippen molar-refractivity contribution in [1.29, 1.82) is 0 Å². The molecule has 2 unspecified atom stereocenters. The molecule has 4 N–H and O–H groups in total. The summed E-state index contributed by atoms with van der Waals surface area (Å²) in [6, 6.07) is 6.99. The molecule has 0 amide bonds. The number of sulfonamides is 1. The Morgan fingerprint density at radius 2 is 1.89 bits per heavy atom. The quantitative estimate of drug-likeness (QED) is 0.706. The van der Waals surface area contributed by atoms with E-state index in [1.54, 1.807) is 25.1 Å². The molecule has 0 bridgehead atoms. The summed E-state index contributed by atoms with van der Waals surface area (Å²) in [4.78, 5) is 0.271. The molecular formula is C13H23N3O2S. The molecule has 0 aliphatic carbocycles. The number of para-hydroxylation sites is 1. The summed E-state index contributed by atoms with van der Waals surface area (Å²) in [7, 11) is -3.46. The highest BCUT2D eigenvalue weighted by Gasteiger charge is 2.19. The van der Waals surface area contributed by atoms with Gasteiger partial charge in [0.15, 0.2) is 0 Å². The second-order valence-corrected chi connectivity index (χ2v) is 6.38. The molecule has 0 aliphatic heterocycles. The van der Waals surface area contributed by atoms with Gasteiger partial charge >= 0.3 is 0 Å². The standard InChI is InChI=1S/C13H23N3O2S/c1-4-15-19(17,18)13-8-6-5-7-12(13)16-11(3)10(2)9-14/h5-8,10-11,15-16H,4,9,14H2,1-3H3. The maximum absolute atomic E-state index is 12.1. The molecule has 0 saturated heterocycles. The van der Waals surface area contributed by atoms with Crippen molar-refractivity contribution in [2.45, 2.75) is 31.7 Å². The van der Waals surface area contributed by atoms with Gasteiger partial charge in [0, 0.05) is 12.6 Å².